The van der Waals surface area contributed by atoms with Crippen molar-refractivity contribution in [3.8, 4) is 11.3 Å². The number of carboxylic acid groups (broad SMARTS) is 1. The van der Waals surface area contributed by atoms with Gasteiger partial charge in [-0.25, -0.2) is 0 Å². The lowest BCUT2D eigenvalue weighted by molar-refractivity contribution is -0.141. The molecule has 0 aliphatic rings. The average Bonchev–Trinajstić information content (AvgIpc) is 2.96. The summed E-state index contributed by atoms with van der Waals surface area (Å²) in [5, 5.41) is 13.1. The maximum Gasteiger partial charge on any atom is 0.308 e. The number of aliphatic carboxylic acids is 1. The third-order valence-electron chi connectivity index (χ3n) is 3.18. The minimum atomic E-state index is -0.962. The Bertz CT molecular complexity index is 698. The smallest absolute Gasteiger partial charge is 0.308 e. The van der Waals surface area contributed by atoms with E-state index in [1.807, 2.05) is 0 Å². The van der Waals surface area contributed by atoms with Gasteiger partial charge in [-0.2, -0.15) is 0 Å². The minimum Gasteiger partial charge on any atom is -0.481 e. The van der Waals surface area contributed by atoms with E-state index >= 15 is 0 Å². The highest BCUT2D eigenvalue weighted by molar-refractivity contribution is 6.33. The van der Waals surface area contributed by atoms with Crippen molar-refractivity contribution < 1.29 is 19.2 Å². The summed E-state index contributed by atoms with van der Waals surface area (Å²) < 4.78 is 5.16. The molecule has 0 saturated heterocycles. The van der Waals surface area contributed by atoms with Crippen molar-refractivity contribution in [1.29, 1.82) is 0 Å². The SMILES string of the molecule is CC(CN(C)C(=O)c1cc(-c2ccccc2Cl)on1)C(=O)O. The lowest BCUT2D eigenvalue weighted by atomic mass is 10.1. The van der Waals surface area contributed by atoms with Crippen molar-refractivity contribution >= 4 is 23.5 Å². The van der Waals surface area contributed by atoms with Crippen LogP contribution in [0.4, 0.5) is 0 Å². The second-order valence-electron chi connectivity index (χ2n) is 4.98. The van der Waals surface area contributed by atoms with Crippen molar-refractivity contribution in [2.24, 2.45) is 5.92 Å². The van der Waals surface area contributed by atoms with Gasteiger partial charge in [0.05, 0.1) is 10.9 Å². The van der Waals surface area contributed by atoms with E-state index in [-0.39, 0.29) is 12.2 Å². The molecule has 116 valence electrons. The Morgan fingerprint density at radius 3 is 2.73 bits per heavy atom. The van der Waals surface area contributed by atoms with E-state index in [9.17, 15) is 9.59 Å². The third-order valence-corrected chi connectivity index (χ3v) is 3.51. The van der Waals surface area contributed by atoms with E-state index in [4.69, 9.17) is 21.2 Å². The number of hydrogen-bond acceptors (Lipinski definition) is 4. The predicted octanol–water partition coefficient (Wildman–Crippen LogP) is 2.79. The van der Waals surface area contributed by atoms with Gasteiger partial charge in [0.25, 0.3) is 5.91 Å². The first-order chi connectivity index (χ1) is 10.4. The number of carboxylic acids is 1. The molecule has 0 bridgehead atoms. The van der Waals surface area contributed by atoms with Gasteiger partial charge < -0.3 is 14.5 Å². The summed E-state index contributed by atoms with van der Waals surface area (Å²) in [6, 6.07) is 8.54. The Kier molecular flexibility index (Phi) is 4.82. The lowest BCUT2D eigenvalue weighted by Gasteiger charge is -2.17. The number of amides is 1. The Balaban J connectivity index is 2.16. The van der Waals surface area contributed by atoms with Crippen molar-refractivity contribution in [2.45, 2.75) is 6.92 Å². The summed E-state index contributed by atoms with van der Waals surface area (Å²) in [6.07, 6.45) is 0. The maximum atomic E-state index is 12.2. The Labute approximate surface area is 132 Å². The zero-order valence-electron chi connectivity index (χ0n) is 12.1. The van der Waals surface area contributed by atoms with E-state index in [0.717, 1.165) is 0 Å². The van der Waals surface area contributed by atoms with Crippen LogP contribution < -0.4 is 0 Å². The number of hydrogen-bond donors (Lipinski definition) is 1. The van der Waals surface area contributed by atoms with Gasteiger partial charge in [0, 0.05) is 25.2 Å². The first-order valence-electron chi connectivity index (χ1n) is 6.60. The van der Waals surface area contributed by atoms with Crippen LogP contribution in [0.2, 0.25) is 5.02 Å². The van der Waals surface area contributed by atoms with Gasteiger partial charge in [0.2, 0.25) is 0 Å². The Morgan fingerprint density at radius 2 is 2.09 bits per heavy atom. The summed E-state index contributed by atoms with van der Waals surface area (Å²) in [5.41, 5.74) is 0.743. The molecular weight excluding hydrogens is 308 g/mol. The second-order valence-corrected chi connectivity index (χ2v) is 5.39. The van der Waals surface area contributed by atoms with E-state index in [1.54, 1.807) is 24.3 Å². The molecule has 1 unspecified atom stereocenters. The molecule has 0 spiro atoms. The summed E-state index contributed by atoms with van der Waals surface area (Å²) in [5.74, 6) is -1.65. The molecule has 1 aromatic carbocycles. The van der Waals surface area contributed by atoms with Gasteiger partial charge in [0.15, 0.2) is 11.5 Å². The molecule has 1 amide bonds. The van der Waals surface area contributed by atoms with Crippen LogP contribution in [0.3, 0.4) is 0 Å². The largest absolute Gasteiger partial charge is 0.481 e. The first-order valence-corrected chi connectivity index (χ1v) is 6.98. The molecule has 22 heavy (non-hydrogen) atoms. The van der Waals surface area contributed by atoms with Crippen LogP contribution >= 0.6 is 11.6 Å². The number of rotatable bonds is 5. The molecular formula is C15H15ClN2O4. The summed E-state index contributed by atoms with van der Waals surface area (Å²) in [6.45, 7) is 1.62. The Hall–Kier alpha value is -2.34. The van der Waals surface area contributed by atoms with Crippen molar-refractivity contribution in [2.75, 3.05) is 13.6 Å². The standard InChI is InChI=1S/C15H15ClN2O4/c1-9(15(20)21)8-18(2)14(19)12-7-13(22-17-12)10-5-3-4-6-11(10)16/h3-7,9H,8H2,1-2H3,(H,20,21). The van der Waals surface area contributed by atoms with Gasteiger partial charge in [0.1, 0.15) is 0 Å². The average molecular weight is 323 g/mol. The lowest BCUT2D eigenvalue weighted by Crippen LogP contribution is -2.33. The molecule has 0 radical (unpaired) electrons. The molecule has 1 N–H and O–H groups in total. The highest BCUT2D eigenvalue weighted by Crippen LogP contribution is 2.28. The maximum absolute atomic E-state index is 12.2. The molecule has 0 aliphatic carbocycles. The molecule has 0 fully saturated rings. The third kappa shape index (κ3) is 3.46. The molecule has 0 aliphatic heterocycles. The van der Waals surface area contributed by atoms with Crippen LogP contribution in [0.15, 0.2) is 34.9 Å². The van der Waals surface area contributed by atoms with Gasteiger partial charge in [-0.1, -0.05) is 35.8 Å². The number of halogens is 1. The molecule has 7 heteroatoms. The quantitative estimate of drug-likeness (QED) is 0.915. The molecule has 2 rings (SSSR count). The zero-order valence-corrected chi connectivity index (χ0v) is 12.9. The van der Waals surface area contributed by atoms with Crippen molar-refractivity contribution in [1.82, 2.24) is 10.1 Å². The normalized spacial score (nSPS) is 12.0. The molecule has 6 nitrogen and oxygen atoms in total. The van der Waals surface area contributed by atoms with E-state index in [2.05, 4.69) is 5.16 Å². The van der Waals surface area contributed by atoms with E-state index in [0.29, 0.717) is 16.3 Å². The monoisotopic (exact) mass is 322 g/mol. The summed E-state index contributed by atoms with van der Waals surface area (Å²) >= 11 is 6.07. The van der Waals surface area contributed by atoms with Gasteiger partial charge in [-0.15, -0.1) is 0 Å². The number of benzene rings is 1. The van der Waals surface area contributed by atoms with Crippen LogP contribution in [0.25, 0.3) is 11.3 Å². The van der Waals surface area contributed by atoms with Crippen molar-refractivity contribution in [3.05, 3.63) is 41.0 Å². The van der Waals surface area contributed by atoms with E-state index in [1.165, 1.54) is 24.9 Å². The summed E-state index contributed by atoms with van der Waals surface area (Å²) in [7, 11) is 1.52. The topological polar surface area (TPSA) is 83.6 Å². The van der Waals surface area contributed by atoms with Crippen LogP contribution in [0.1, 0.15) is 17.4 Å². The molecule has 2 aromatic rings. The Morgan fingerprint density at radius 1 is 1.41 bits per heavy atom. The van der Waals surface area contributed by atoms with Crippen LogP contribution in [0.5, 0.6) is 0 Å². The molecule has 0 saturated carbocycles. The fraction of sp³-hybridized carbons (Fsp3) is 0.267. The van der Waals surface area contributed by atoms with Gasteiger partial charge in [-0.05, 0) is 12.1 Å². The zero-order chi connectivity index (χ0) is 16.3. The highest BCUT2D eigenvalue weighted by atomic mass is 35.5. The number of carbonyl (C=O) groups is 2. The van der Waals surface area contributed by atoms with Crippen LogP contribution in [0, 0.1) is 5.92 Å². The number of nitrogens with zero attached hydrogens (tertiary/aromatic N) is 2. The number of carbonyl (C=O) groups excluding carboxylic acids is 1. The molecule has 1 aromatic heterocycles. The summed E-state index contributed by atoms with van der Waals surface area (Å²) in [4.78, 5) is 24.3. The predicted molar refractivity (Wildman–Crippen MR) is 80.7 cm³/mol. The van der Waals surface area contributed by atoms with Gasteiger partial charge >= 0.3 is 5.97 Å². The molecule has 1 atom stereocenters. The highest BCUT2D eigenvalue weighted by Gasteiger charge is 2.22. The fourth-order valence-electron chi connectivity index (χ4n) is 1.93. The second kappa shape index (κ2) is 6.62. The minimum absolute atomic E-state index is 0.0858. The van der Waals surface area contributed by atoms with Crippen LogP contribution in [-0.4, -0.2) is 40.6 Å². The molecule has 1 heterocycles. The van der Waals surface area contributed by atoms with Gasteiger partial charge in [-0.3, -0.25) is 9.59 Å². The van der Waals surface area contributed by atoms with Crippen molar-refractivity contribution in [3.63, 3.8) is 0 Å². The van der Waals surface area contributed by atoms with Crippen LogP contribution in [-0.2, 0) is 4.79 Å². The van der Waals surface area contributed by atoms with E-state index < -0.39 is 17.8 Å². The first kappa shape index (κ1) is 16.0. The fourth-order valence-corrected chi connectivity index (χ4v) is 2.16. The number of aromatic nitrogens is 1.